The van der Waals surface area contributed by atoms with Crippen LogP contribution in [-0.2, 0) is 0 Å². The van der Waals surface area contributed by atoms with E-state index in [1.165, 1.54) is 4.90 Å². The van der Waals surface area contributed by atoms with E-state index in [4.69, 9.17) is 0 Å². The molecule has 0 unspecified atom stereocenters. The second-order valence-electron chi connectivity index (χ2n) is 4.57. The Morgan fingerprint density at radius 2 is 1.70 bits per heavy atom. The number of anilines is 1. The number of hydrogen-bond acceptors (Lipinski definition) is 1. The summed E-state index contributed by atoms with van der Waals surface area (Å²) in [5.74, 6) is -0.380. The smallest absolute Gasteiger partial charge is 0.277 e. The van der Waals surface area contributed by atoms with Crippen molar-refractivity contribution in [2.24, 2.45) is 0 Å². The third kappa shape index (κ3) is 1.95. The highest BCUT2D eigenvalue weighted by atomic mass is 19.2. The second-order valence-corrected chi connectivity index (χ2v) is 4.57. The number of carbonyl (C=O) groups excluding carboxylic acids is 1. The zero-order chi connectivity index (χ0) is 14.1. The molecule has 0 spiro atoms. The Kier molecular flexibility index (Phi) is 2.99. The van der Waals surface area contributed by atoms with Crippen LogP contribution in [0, 0.1) is 0 Å². The zero-order valence-electron chi connectivity index (χ0n) is 11.0. The summed E-state index contributed by atoms with van der Waals surface area (Å²) in [6.45, 7) is 0. The van der Waals surface area contributed by atoms with Crippen molar-refractivity contribution in [3.63, 3.8) is 0 Å². The van der Waals surface area contributed by atoms with Gasteiger partial charge in [-0.2, -0.15) is 4.79 Å². The van der Waals surface area contributed by atoms with E-state index in [1.54, 1.807) is 31.3 Å². The number of carbonyl (C=O) groups is 1. The normalized spacial score (nSPS) is 10.7. The lowest BCUT2D eigenvalue weighted by Gasteiger charge is -2.16. The first-order chi connectivity index (χ1) is 9.68. The molecule has 3 rings (SSSR count). The quantitative estimate of drug-likeness (QED) is 0.696. The number of fused-ring (bicyclic) bond motifs is 1. The summed E-state index contributed by atoms with van der Waals surface area (Å²) in [6, 6.07) is 17.7. The van der Waals surface area contributed by atoms with Crippen LogP contribution in [0.15, 0.2) is 60.7 Å². The number of aromatic nitrogens is 1. The number of para-hydroxylation sites is 2. The van der Waals surface area contributed by atoms with Gasteiger partial charge in [0.2, 0.25) is 0 Å². The molecular weight excluding hydrogens is 255 g/mol. The lowest BCUT2D eigenvalue weighted by atomic mass is 10.2. The Hall–Kier alpha value is -2.62. The minimum Gasteiger partial charge on any atom is -0.310 e. The molecule has 0 radical (unpaired) electrons. The molecule has 100 valence electrons. The van der Waals surface area contributed by atoms with Crippen molar-refractivity contribution in [3.8, 4) is 0 Å². The van der Waals surface area contributed by atoms with E-state index >= 15 is 0 Å². The molecule has 0 fully saturated rings. The molecule has 1 aromatic heterocycles. The van der Waals surface area contributed by atoms with Crippen LogP contribution in [0.4, 0.5) is 10.2 Å². The maximum Gasteiger partial charge on any atom is 0.277 e. The van der Waals surface area contributed by atoms with Gasteiger partial charge in [0.25, 0.3) is 5.91 Å². The number of hydrogen-bond donors (Lipinski definition) is 0. The van der Waals surface area contributed by atoms with E-state index in [9.17, 15) is 9.28 Å². The van der Waals surface area contributed by atoms with Gasteiger partial charge in [-0.3, -0.25) is 4.79 Å². The predicted molar refractivity (Wildman–Crippen MR) is 77.6 cm³/mol. The Morgan fingerprint density at radius 1 is 1.05 bits per heavy atom. The van der Waals surface area contributed by atoms with Crippen molar-refractivity contribution < 1.29 is 9.28 Å². The van der Waals surface area contributed by atoms with Crippen LogP contribution in [-0.4, -0.2) is 17.7 Å². The van der Waals surface area contributed by atoms with E-state index in [2.05, 4.69) is 0 Å². The third-order valence-corrected chi connectivity index (χ3v) is 3.32. The van der Waals surface area contributed by atoms with E-state index in [0.717, 1.165) is 5.69 Å². The molecule has 3 aromatic rings. The van der Waals surface area contributed by atoms with E-state index < -0.39 is 0 Å². The first kappa shape index (κ1) is 12.4. The van der Waals surface area contributed by atoms with Gasteiger partial charge in [0.15, 0.2) is 0 Å². The van der Waals surface area contributed by atoms with Crippen LogP contribution >= 0.6 is 0 Å². The van der Waals surface area contributed by atoms with Crippen LogP contribution in [0.2, 0.25) is 0 Å². The van der Waals surface area contributed by atoms with Crippen molar-refractivity contribution in [2.75, 3.05) is 11.9 Å². The van der Waals surface area contributed by atoms with Gasteiger partial charge in [-0.05, 0) is 24.3 Å². The molecule has 0 saturated carbocycles. The number of amides is 1. The van der Waals surface area contributed by atoms with Gasteiger partial charge in [0.05, 0.1) is 5.52 Å². The van der Waals surface area contributed by atoms with Gasteiger partial charge in [0, 0.05) is 18.1 Å². The summed E-state index contributed by atoms with van der Waals surface area (Å²) in [5.41, 5.74) is 1.15. The van der Waals surface area contributed by atoms with Crippen molar-refractivity contribution in [3.05, 3.63) is 66.4 Å². The average molecular weight is 268 g/mol. The van der Waals surface area contributed by atoms with Crippen molar-refractivity contribution in [1.82, 2.24) is 4.79 Å². The lowest BCUT2D eigenvalue weighted by Crippen LogP contribution is -2.27. The summed E-state index contributed by atoms with van der Waals surface area (Å²) in [5, 5.41) is 0.708. The number of benzene rings is 2. The van der Waals surface area contributed by atoms with Gasteiger partial charge in [-0.1, -0.05) is 40.9 Å². The Labute approximate surface area is 115 Å². The molecule has 0 aliphatic heterocycles. The summed E-state index contributed by atoms with van der Waals surface area (Å²) in [7, 11) is 1.63. The SMILES string of the molecule is CN(C(=O)c1cc2ccccc2n1F)c1ccccc1. The minimum atomic E-state index is -0.380. The third-order valence-electron chi connectivity index (χ3n) is 3.32. The summed E-state index contributed by atoms with van der Waals surface area (Å²) < 4.78 is 14.2. The maximum absolute atomic E-state index is 14.2. The van der Waals surface area contributed by atoms with Crippen LogP contribution in [0.1, 0.15) is 10.5 Å². The van der Waals surface area contributed by atoms with Gasteiger partial charge in [0.1, 0.15) is 5.69 Å². The Morgan fingerprint density at radius 3 is 2.40 bits per heavy atom. The van der Waals surface area contributed by atoms with Crippen LogP contribution in [0.5, 0.6) is 0 Å². The van der Waals surface area contributed by atoms with Gasteiger partial charge in [-0.15, -0.1) is 0 Å². The molecule has 0 aliphatic rings. The first-order valence-corrected chi connectivity index (χ1v) is 6.28. The van der Waals surface area contributed by atoms with Crippen molar-refractivity contribution in [1.29, 1.82) is 0 Å². The lowest BCUT2D eigenvalue weighted by molar-refractivity contribution is 0.0975. The van der Waals surface area contributed by atoms with E-state index in [1.807, 2.05) is 36.4 Å². The van der Waals surface area contributed by atoms with Gasteiger partial charge >= 0.3 is 0 Å². The van der Waals surface area contributed by atoms with Gasteiger partial charge in [-0.25, -0.2) is 0 Å². The monoisotopic (exact) mass is 268 g/mol. The predicted octanol–water partition coefficient (Wildman–Crippen LogP) is 3.65. The highest BCUT2D eigenvalue weighted by Gasteiger charge is 2.20. The van der Waals surface area contributed by atoms with Crippen molar-refractivity contribution in [2.45, 2.75) is 0 Å². The second kappa shape index (κ2) is 4.81. The van der Waals surface area contributed by atoms with Gasteiger partial charge < -0.3 is 4.90 Å². The molecular formula is C16H13FN2O. The Balaban J connectivity index is 2.03. The standard InChI is InChI=1S/C16H13FN2O/c1-18(13-8-3-2-4-9-13)16(20)15-11-12-7-5-6-10-14(12)19(15)17/h2-11H,1H3. The number of nitrogens with zero attached hydrogens (tertiary/aromatic N) is 2. The summed E-state index contributed by atoms with van der Waals surface area (Å²) >= 11 is 0. The summed E-state index contributed by atoms with van der Waals surface area (Å²) in [6.07, 6.45) is 0. The molecule has 0 atom stereocenters. The van der Waals surface area contributed by atoms with Crippen LogP contribution in [0.3, 0.4) is 0 Å². The fourth-order valence-electron chi connectivity index (χ4n) is 2.21. The largest absolute Gasteiger partial charge is 0.310 e. The molecule has 0 aliphatic carbocycles. The van der Waals surface area contributed by atoms with Crippen LogP contribution in [0.25, 0.3) is 10.9 Å². The molecule has 1 heterocycles. The zero-order valence-corrected chi connectivity index (χ0v) is 11.0. The number of rotatable bonds is 2. The molecule has 4 heteroatoms. The highest BCUT2D eigenvalue weighted by molar-refractivity contribution is 6.07. The molecule has 2 aromatic carbocycles. The summed E-state index contributed by atoms with van der Waals surface area (Å²) in [4.78, 5) is 14.3. The average Bonchev–Trinajstić information content (AvgIpc) is 2.84. The Bertz CT molecular complexity index is 765. The van der Waals surface area contributed by atoms with E-state index in [0.29, 0.717) is 15.7 Å². The maximum atomic E-state index is 14.2. The number of halogens is 1. The molecule has 20 heavy (non-hydrogen) atoms. The molecule has 0 bridgehead atoms. The minimum absolute atomic E-state index is 0.0255. The first-order valence-electron chi connectivity index (χ1n) is 6.28. The topological polar surface area (TPSA) is 25.2 Å². The molecule has 0 N–H and O–H groups in total. The van der Waals surface area contributed by atoms with Crippen molar-refractivity contribution >= 4 is 22.5 Å². The van der Waals surface area contributed by atoms with Crippen LogP contribution < -0.4 is 4.90 Å². The highest BCUT2D eigenvalue weighted by Crippen LogP contribution is 2.22. The molecule has 1 amide bonds. The van der Waals surface area contributed by atoms with E-state index in [-0.39, 0.29) is 11.6 Å². The fourth-order valence-corrected chi connectivity index (χ4v) is 2.21. The molecule has 3 nitrogen and oxygen atoms in total. The fraction of sp³-hybridized carbons (Fsp3) is 0.0625. The molecule has 0 saturated heterocycles.